The highest BCUT2D eigenvalue weighted by Crippen LogP contribution is 2.25. The normalized spacial score (nSPS) is 15.5. The summed E-state index contributed by atoms with van der Waals surface area (Å²) in [6.45, 7) is 3.39. The van der Waals surface area contributed by atoms with Gasteiger partial charge in [0.15, 0.2) is 0 Å². The van der Waals surface area contributed by atoms with E-state index in [-0.39, 0.29) is 6.09 Å². The summed E-state index contributed by atoms with van der Waals surface area (Å²) in [5.74, 6) is 0. The van der Waals surface area contributed by atoms with Crippen LogP contribution in [0.1, 0.15) is 31.7 Å². The molecule has 1 amide bonds. The molecule has 0 N–H and O–H groups in total. The molecule has 0 bridgehead atoms. The van der Waals surface area contributed by atoms with E-state index >= 15 is 0 Å². The fourth-order valence-corrected chi connectivity index (χ4v) is 3.36. The molecule has 1 aliphatic heterocycles. The molecule has 3 rings (SSSR count). The summed E-state index contributed by atoms with van der Waals surface area (Å²) in [6.07, 6.45) is 2.92. The molecule has 1 fully saturated rings. The number of hydrogen-bond acceptors (Lipinski definition) is 4. The van der Waals surface area contributed by atoms with E-state index in [0.29, 0.717) is 5.71 Å². The van der Waals surface area contributed by atoms with Crippen molar-refractivity contribution in [1.82, 2.24) is 4.90 Å². The highest BCUT2D eigenvalue weighted by Gasteiger charge is 2.18. The maximum Gasteiger partial charge on any atom is 0.435 e. The van der Waals surface area contributed by atoms with Crippen LogP contribution in [-0.4, -0.2) is 29.8 Å². The smallest absolute Gasteiger partial charge is 0.306 e. The second-order valence-electron chi connectivity index (χ2n) is 5.64. The number of hydrogen-bond donors (Lipinski definition) is 0. The van der Waals surface area contributed by atoms with Gasteiger partial charge in [-0.2, -0.15) is 0 Å². The van der Waals surface area contributed by atoms with Crippen LogP contribution in [0.2, 0.25) is 0 Å². The van der Waals surface area contributed by atoms with Crippen molar-refractivity contribution in [1.29, 1.82) is 0 Å². The maximum absolute atomic E-state index is 12.0. The van der Waals surface area contributed by atoms with E-state index in [1.807, 2.05) is 25.1 Å². The Morgan fingerprint density at radius 3 is 2.74 bits per heavy atom. The van der Waals surface area contributed by atoms with E-state index in [4.69, 9.17) is 4.84 Å². The van der Waals surface area contributed by atoms with Crippen molar-refractivity contribution in [3.8, 4) is 10.4 Å². The Labute approximate surface area is 140 Å². The molecule has 1 aliphatic rings. The summed E-state index contributed by atoms with van der Waals surface area (Å²) in [5.41, 5.74) is 2.81. The van der Waals surface area contributed by atoms with Gasteiger partial charge in [-0.05, 0) is 54.8 Å². The van der Waals surface area contributed by atoms with E-state index in [0.717, 1.165) is 37.1 Å². The second kappa shape index (κ2) is 7.42. The van der Waals surface area contributed by atoms with E-state index in [2.05, 4.69) is 28.7 Å². The quantitative estimate of drug-likeness (QED) is 0.463. The number of thiophene rings is 1. The first-order valence-electron chi connectivity index (χ1n) is 7.89. The number of amides is 1. The van der Waals surface area contributed by atoms with Crippen LogP contribution in [-0.2, 0) is 4.84 Å². The van der Waals surface area contributed by atoms with Crippen LogP contribution >= 0.6 is 11.3 Å². The third-order valence-corrected chi connectivity index (χ3v) is 4.88. The predicted octanol–water partition coefficient (Wildman–Crippen LogP) is 4.76. The number of carbonyl (C=O) groups is 1. The van der Waals surface area contributed by atoms with E-state index in [9.17, 15) is 4.79 Å². The van der Waals surface area contributed by atoms with Crippen molar-refractivity contribution in [3.05, 3.63) is 47.3 Å². The molecule has 0 radical (unpaired) electrons. The molecule has 2 aromatic rings. The number of piperidine rings is 1. The lowest BCUT2D eigenvalue weighted by Gasteiger charge is -2.24. The summed E-state index contributed by atoms with van der Waals surface area (Å²) in [7, 11) is 0. The maximum atomic E-state index is 12.0. The topological polar surface area (TPSA) is 41.9 Å². The lowest BCUT2D eigenvalue weighted by atomic mass is 10.1. The molecular formula is C18H20N2O2S. The molecule has 0 unspecified atom stereocenters. The summed E-state index contributed by atoms with van der Waals surface area (Å²) >= 11 is 1.70. The minimum atomic E-state index is -0.349. The molecule has 1 aromatic heterocycles. The van der Waals surface area contributed by atoms with Crippen LogP contribution in [0.5, 0.6) is 0 Å². The van der Waals surface area contributed by atoms with Crippen molar-refractivity contribution in [2.24, 2.45) is 5.16 Å². The van der Waals surface area contributed by atoms with Gasteiger partial charge in [0.1, 0.15) is 0 Å². The number of rotatable bonds is 3. The van der Waals surface area contributed by atoms with Crippen LogP contribution in [0.25, 0.3) is 10.4 Å². The molecule has 23 heavy (non-hydrogen) atoms. The molecule has 0 aliphatic carbocycles. The third-order valence-electron chi connectivity index (χ3n) is 3.96. The zero-order chi connectivity index (χ0) is 16.1. The number of oxime groups is 1. The minimum Gasteiger partial charge on any atom is -0.306 e. The first kappa shape index (κ1) is 15.7. The molecule has 2 heterocycles. The van der Waals surface area contributed by atoms with Gasteiger partial charge in [-0.25, -0.2) is 4.79 Å². The molecule has 1 aromatic carbocycles. The Morgan fingerprint density at radius 2 is 2.00 bits per heavy atom. The van der Waals surface area contributed by atoms with Crippen LogP contribution in [0.3, 0.4) is 0 Å². The summed E-state index contributed by atoms with van der Waals surface area (Å²) in [6, 6.07) is 12.2. The number of carbonyl (C=O) groups excluding carboxylic acids is 1. The fraction of sp³-hybridized carbons (Fsp3) is 0.333. The average Bonchev–Trinajstić information content (AvgIpc) is 3.15. The Balaban J connectivity index is 1.68. The number of nitrogens with zero attached hydrogens (tertiary/aromatic N) is 2. The Hall–Kier alpha value is -2.14. The summed E-state index contributed by atoms with van der Waals surface area (Å²) in [4.78, 5) is 20.0. The molecule has 1 saturated heterocycles. The van der Waals surface area contributed by atoms with Crippen LogP contribution in [0, 0.1) is 0 Å². The minimum absolute atomic E-state index is 0.349. The number of likely N-dealkylation sites (tertiary alicyclic amines) is 1. The van der Waals surface area contributed by atoms with Gasteiger partial charge in [0, 0.05) is 18.0 Å². The van der Waals surface area contributed by atoms with Crippen molar-refractivity contribution in [3.63, 3.8) is 0 Å². The Kier molecular flexibility index (Phi) is 5.08. The van der Waals surface area contributed by atoms with Gasteiger partial charge < -0.3 is 4.90 Å². The monoisotopic (exact) mass is 328 g/mol. The highest BCUT2D eigenvalue weighted by atomic mass is 32.1. The molecule has 5 heteroatoms. The Morgan fingerprint density at radius 1 is 1.17 bits per heavy atom. The largest absolute Gasteiger partial charge is 0.435 e. The standard InChI is InChI=1S/C18H20N2O2S/c1-14(19-22-18(21)20-10-3-2-4-11-20)15-7-5-8-16(13-15)17-9-6-12-23-17/h5-9,12-13H,2-4,10-11H2,1H3. The van der Waals surface area contributed by atoms with Crippen LogP contribution in [0.4, 0.5) is 4.79 Å². The van der Waals surface area contributed by atoms with E-state index in [1.54, 1.807) is 16.2 Å². The first-order valence-corrected chi connectivity index (χ1v) is 8.77. The summed E-state index contributed by atoms with van der Waals surface area (Å²) in [5, 5.41) is 6.08. The summed E-state index contributed by atoms with van der Waals surface area (Å²) < 4.78 is 0. The lowest BCUT2D eigenvalue weighted by Crippen LogP contribution is -2.35. The number of benzene rings is 1. The van der Waals surface area contributed by atoms with Gasteiger partial charge in [-0.3, -0.25) is 4.84 Å². The second-order valence-corrected chi connectivity index (χ2v) is 6.59. The molecular weight excluding hydrogens is 308 g/mol. The first-order chi connectivity index (χ1) is 11.2. The van der Waals surface area contributed by atoms with Gasteiger partial charge in [0.05, 0.1) is 5.71 Å². The van der Waals surface area contributed by atoms with E-state index in [1.165, 1.54) is 11.3 Å². The zero-order valence-corrected chi connectivity index (χ0v) is 14.0. The van der Waals surface area contributed by atoms with Crippen molar-refractivity contribution in [2.75, 3.05) is 13.1 Å². The third kappa shape index (κ3) is 3.99. The Bertz CT molecular complexity index is 689. The van der Waals surface area contributed by atoms with Gasteiger partial charge >= 0.3 is 6.09 Å². The van der Waals surface area contributed by atoms with E-state index < -0.39 is 0 Å². The van der Waals surface area contributed by atoms with Crippen molar-refractivity contribution < 1.29 is 9.63 Å². The lowest BCUT2D eigenvalue weighted by molar-refractivity contribution is 0.0982. The molecule has 120 valence electrons. The predicted molar refractivity (Wildman–Crippen MR) is 93.9 cm³/mol. The molecule has 4 nitrogen and oxygen atoms in total. The van der Waals surface area contributed by atoms with Gasteiger partial charge in [-0.15, -0.1) is 11.3 Å². The van der Waals surface area contributed by atoms with Gasteiger partial charge in [0.25, 0.3) is 0 Å². The van der Waals surface area contributed by atoms with Crippen molar-refractivity contribution in [2.45, 2.75) is 26.2 Å². The van der Waals surface area contributed by atoms with Gasteiger partial charge in [-0.1, -0.05) is 29.4 Å². The molecule has 0 spiro atoms. The average molecular weight is 328 g/mol. The van der Waals surface area contributed by atoms with Gasteiger partial charge in [0.2, 0.25) is 0 Å². The highest BCUT2D eigenvalue weighted by molar-refractivity contribution is 7.13. The molecule has 0 atom stereocenters. The SMILES string of the molecule is CC(=NOC(=O)N1CCCCC1)c1cccc(-c2cccs2)c1. The van der Waals surface area contributed by atoms with Crippen molar-refractivity contribution >= 4 is 23.1 Å². The van der Waals surface area contributed by atoms with Crippen LogP contribution < -0.4 is 0 Å². The molecule has 0 saturated carbocycles. The fourth-order valence-electron chi connectivity index (χ4n) is 2.63. The van der Waals surface area contributed by atoms with Crippen LogP contribution in [0.15, 0.2) is 46.9 Å². The zero-order valence-electron chi connectivity index (χ0n) is 13.2.